The van der Waals surface area contributed by atoms with Gasteiger partial charge in [0.2, 0.25) is 0 Å². The van der Waals surface area contributed by atoms with Crippen molar-refractivity contribution < 1.29 is 13.9 Å². The van der Waals surface area contributed by atoms with Crippen molar-refractivity contribution in [2.75, 3.05) is 39.9 Å². The highest BCUT2D eigenvalue weighted by atomic mass is 127. The standard InChI is InChI=1S/C20H28FN3O2.HI/c1-22-19(24-9-11-26-18(13-24)17-6-3-10-25-17)23-14-20(7-8-20)15-4-2-5-16(21)12-15;/h2,4-5,12,17-18H,3,6-11,13-14H2,1H3,(H,22,23);1H. The van der Waals surface area contributed by atoms with Gasteiger partial charge in [-0.3, -0.25) is 4.99 Å². The van der Waals surface area contributed by atoms with E-state index in [0.717, 1.165) is 63.4 Å². The Morgan fingerprint density at radius 1 is 1.30 bits per heavy atom. The summed E-state index contributed by atoms with van der Waals surface area (Å²) in [6.45, 7) is 3.95. The molecule has 0 amide bonds. The average molecular weight is 489 g/mol. The van der Waals surface area contributed by atoms with E-state index in [9.17, 15) is 4.39 Å². The maximum absolute atomic E-state index is 13.6. The number of nitrogens with zero attached hydrogens (tertiary/aromatic N) is 2. The molecular weight excluding hydrogens is 460 g/mol. The Hall–Kier alpha value is -0.930. The molecule has 2 aliphatic heterocycles. The molecule has 150 valence electrons. The highest BCUT2D eigenvalue weighted by molar-refractivity contribution is 14.0. The van der Waals surface area contributed by atoms with Crippen molar-refractivity contribution in [1.29, 1.82) is 0 Å². The van der Waals surface area contributed by atoms with Gasteiger partial charge in [0.25, 0.3) is 0 Å². The number of guanidine groups is 1. The van der Waals surface area contributed by atoms with Gasteiger partial charge in [-0.1, -0.05) is 12.1 Å². The molecule has 1 aromatic carbocycles. The van der Waals surface area contributed by atoms with Crippen LogP contribution in [-0.2, 0) is 14.9 Å². The minimum absolute atomic E-state index is 0. The second-order valence-corrected chi connectivity index (χ2v) is 7.60. The molecule has 3 aliphatic rings. The van der Waals surface area contributed by atoms with Crippen LogP contribution in [0.4, 0.5) is 4.39 Å². The van der Waals surface area contributed by atoms with Crippen molar-refractivity contribution in [1.82, 2.24) is 10.2 Å². The zero-order valence-electron chi connectivity index (χ0n) is 15.8. The minimum atomic E-state index is -0.161. The Bertz CT molecular complexity index is 662. The molecule has 0 radical (unpaired) electrons. The molecule has 2 heterocycles. The lowest BCUT2D eigenvalue weighted by Gasteiger charge is -2.37. The van der Waals surface area contributed by atoms with Crippen LogP contribution in [0.1, 0.15) is 31.2 Å². The normalized spacial score (nSPS) is 27.2. The highest BCUT2D eigenvalue weighted by Crippen LogP contribution is 2.47. The predicted octanol–water partition coefficient (Wildman–Crippen LogP) is 2.93. The van der Waals surface area contributed by atoms with E-state index in [2.05, 4.69) is 15.2 Å². The first kappa shape index (κ1) is 20.8. The van der Waals surface area contributed by atoms with Crippen molar-refractivity contribution in [2.45, 2.75) is 43.3 Å². The summed E-state index contributed by atoms with van der Waals surface area (Å²) in [5.74, 6) is 0.740. The highest BCUT2D eigenvalue weighted by Gasteiger charge is 2.44. The smallest absolute Gasteiger partial charge is 0.193 e. The van der Waals surface area contributed by atoms with Crippen LogP contribution in [0.3, 0.4) is 0 Å². The third-order valence-corrected chi connectivity index (χ3v) is 5.86. The molecular formula is C20H29FIN3O2. The predicted molar refractivity (Wildman–Crippen MR) is 114 cm³/mol. The fourth-order valence-corrected chi connectivity index (χ4v) is 4.11. The molecule has 1 aliphatic carbocycles. The third kappa shape index (κ3) is 4.74. The lowest BCUT2D eigenvalue weighted by Crippen LogP contribution is -2.54. The van der Waals surface area contributed by atoms with Crippen molar-refractivity contribution in [3.8, 4) is 0 Å². The lowest BCUT2D eigenvalue weighted by atomic mass is 9.96. The molecule has 27 heavy (non-hydrogen) atoms. The van der Waals surface area contributed by atoms with Gasteiger partial charge in [0, 0.05) is 38.7 Å². The van der Waals surface area contributed by atoms with Crippen LogP contribution in [-0.4, -0.2) is 63.0 Å². The molecule has 4 rings (SSSR count). The Morgan fingerprint density at radius 3 is 2.78 bits per heavy atom. The molecule has 0 aromatic heterocycles. The first-order valence-electron chi connectivity index (χ1n) is 9.65. The molecule has 1 N–H and O–H groups in total. The second-order valence-electron chi connectivity index (χ2n) is 7.60. The fourth-order valence-electron chi connectivity index (χ4n) is 4.11. The topological polar surface area (TPSA) is 46.1 Å². The van der Waals surface area contributed by atoms with Crippen LogP contribution in [0.15, 0.2) is 29.3 Å². The number of morpholine rings is 1. The largest absolute Gasteiger partial charge is 0.375 e. The van der Waals surface area contributed by atoms with E-state index >= 15 is 0 Å². The van der Waals surface area contributed by atoms with E-state index in [4.69, 9.17) is 9.47 Å². The van der Waals surface area contributed by atoms with Crippen LogP contribution >= 0.6 is 24.0 Å². The number of benzene rings is 1. The van der Waals surface area contributed by atoms with Crippen molar-refractivity contribution >= 4 is 29.9 Å². The van der Waals surface area contributed by atoms with Crippen LogP contribution in [0.5, 0.6) is 0 Å². The van der Waals surface area contributed by atoms with Gasteiger partial charge in [-0.2, -0.15) is 0 Å². The summed E-state index contributed by atoms with van der Waals surface area (Å²) in [6.07, 6.45) is 4.69. The molecule has 2 unspecified atom stereocenters. The van der Waals surface area contributed by atoms with Crippen LogP contribution < -0.4 is 5.32 Å². The molecule has 5 nitrogen and oxygen atoms in total. The van der Waals surface area contributed by atoms with Crippen LogP contribution in [0.25, 0.3) is 0 Å². The third-order valence-electron chi connectivity index (χ3n) is 5.86. The molecule has 2 atom stereocenters. The monoisotopic (exact) mass is 489 g/mol. The molecule has 3 fully saturated rings. The van der Waals surface area contributed by atoms with E-state index in [1.165, 1.54) is 6.07 Å². The molecule has 0 spiro atoms. The zero-order chi connectivity index (χ0) is 18.0. The Kier molecular flexibility index (Phi) is 6.97. The fraction of sp³-hybridized carbons (Fsp3) is 0.650. The summed E-state index contributed by atoms with van der Waals surface area (Å²) in [7, 11) is 1.82. The van der Waals surface area contributed by atoms with Gasteiger partial charge in [-0.05, 0) is 43.4 Å². The van der Waals surface area contributed by atoms with E-state index in [0.29, 0.717) is 6.61 Å². The van der Waals surface area contributed by atoms with Gasteiger partial charge < -0.3 is 19.7 Å². The average Bonchev–Trinajstić information content (AvgIpc) is 3.25. The number of rotatable bonds is 4. The van der Waals surface area contributed by atoms with Crippen molar-refractivity contribution in [3.63, 3.8) is 0 Å². The van der Waals surface area contributed by atoms with Gasteiger partial charge in [-0.25, -0.2) is 4.39 Å². The maximum Gasteiger partial charge on any atom is 0.193 e. The van der Waals surface area contributed by atoms with E-state index in [1.807, 2.05) is 13.1 Å². The van der Waals surface area contributed by atoms with Gasteiger partial charge >= 0.3 is 0 Å². The molecule has 2 saturated heterocycles. The van der Waals surface area contributed by atoms with E-state index in [1.54, 1.807) is 12.1 Å². The molecule has 1 saturated carbocycles. The summed E-state index contributed by atoms with van der Waals surface area (Å²) < 4.78 is 25.3. The molecule has 7 heteroatoms. The van der Waals surface area contributed by atoms with Gasteiger partial charge in [0.1, 0.15) is 11.9 Å². The van der Waals surface area contributed by atoms with Crippen molar-refractivity contribution in [2.24, 2.45) is 4.99 Å². The second kappa shape index (κ2) is 9.05. The number of ether oxygens (including phenoxy) is 2. The summed E-state index contributed by atoms with van der Waals surface area (Å²) >= 11 is 0. The first-order chi connectivity index (χ1) is 12.7. The molecule has 0 bridgehead atoms. The Morgan fingerprint density at radius 2 is 2.11 bits per heavy atom. The number of aliphatic imine (C=N–C) groups is 1. The van der Waals surface area contributed by atoms with E-state index in [-0.39, 0.29) is 47.4 Å². The number of nitrogens with one attached hydrogen (secondary N) is 1. The van der Waals surface area contributed by atoms with E-state index < -0.39 is 0 Å². The van der Waals surface area contributed by atoms with Crippen LogP contribution in [0, 0.1) is 5.82 Å². The maximum atomic E-state index is 13.6. The molecule has 1 aromatic rings. The Balaban J connectivity index is 0.00000210. The minimum Gasteiger partial charge on any atom is -0.375 e. The number of hydrogen-bond donors (Lipinski definition) is 1. The first-order valence-corrected chi connectivity index (χ1v) is 9.65. The summed E-state index contributed by atoms with van der Waals surface area (Å²) in [5.41, 5.74) is 1.12. The number of halogens is 2. The zero-order valence-corrected chi connectivity index (χ0v) is 18.2. The summed E-state index contributed by atoms with van der Waals surface area (Å²) in [6, 6.07) is 7.00. The van der Waals surface area contributed by atoms with Crippen molar-refractivity contribution in [3.05, 3.63) is 35.6 Å². The van der Waals surface area contributed by atoms with Crippen LogP contribution in [0.2, 0.25) is 0 Å². The van der Waals surface area contributed by atoms with Gasteiger partial charge in [-0.15, -0.1) is 24.0 Å². The number of hydrogen-bond acceptors (Lipinski definition) is 3. The summed E-state index contributed by atoms with van der Waals surface area (Å²) in [4.78, 5) is 6.74. The SMILES string of the molecule is CN=C(NCC1(c2cccc(F)c2)CC1)N1CCOC(C2CCCO2)C1.I. The lowest BCUT2D eigenvalue weighted by molar-refractivity contribution is -0.0817. The Labute approximate surface area is 177 Å². The van der Waals surface area contributed by atoms with Gasteiger partial charge in [0.15, 0.2) is 5.96 Å². The van der Waals surface area contributed by atoms with Gasteiger partial charge in [0.05, 0.1) is 12.7 Å². The summed E-state index contributed by atoms with van der Waals surface area (Å²) in [5, 5.41) is 3.53. The quantitative estimate of drug-likeness (QED) is 0.402.